The van der Waals surface area contributed by atoms with Crippen LogP contribution in [0.25, 0.3) is 0 Å². The molecule has 0 fully saturated rings. The van der Waals surface area contributed by atoms with Crippen LogP contribution in [0.1, 0.15) is 5.69 Å². The highest BCUT2D eigenvalue weighted by Gasteiger charge is 1.94. The minimum Gasteiger partial charge on any atom is -0.497 e. The molecule has 0 amide bonds. The van der Waals surface area contributed by atoms with Crippen molar-refractivity contribution in [3.63, 3.8) is 0 Å². The zero-order valence-electron chi connectivity index (χ0n) is 9.29. The fraction of sp³-hybridized carbons (Fsp3) is 0.167. The third kappa shape index (κ3) is 2.48. The molecule has 0 atom stereocenters. The molecule has 82 valence electrons. The van der Waals surface area contributed by atoms with Crippen molar-refractivity contribution in [2.24, 2.45) is 12.0 Å². The van der Waals surface area contributed by atoms with Crippen LogP contribution in [-0.2, 0) is 7.05 Å². The van der Waals surface area contributed by atoms with Crippen molar-refractivity contribution in [1.82, 2.24) is 9.55 Å². The van der Waals surface area contributed by atoms with Crippen molar-refractivity contribution >= 4 is 11.9 Å². The Morgan fingerprint density at radius 2 is 2.31 bits per heavy atom. The van der Waals surface area contributed by atoms with Gasteiger partial charge in [-0.05, 0) is 12.1 Å². The Balaban J connectivity index is 2.16. The van der Waals surface area contributed by atoms with Gasteiger partial charge in [0.1, 0.15) is 5.75 Å². The molecular formula is C12H13N3O. The number of nitrogens with zero attached hydrogens (tertiary/aromatic N) is 3. The van der Waals surface area contributed by atoms with Crippen molar-refractivity contribution < 1.29 is 4.74 Å². The summed E-state index contributed by atoms with van der Waals surface area (Å²) in [5.74, 6) is 0.802. The highest BCUT2D eigenvalue weighted by Crippen LogP contribution is 2.19. The van der Waals surface area contributed by atoms with Gasteiger partial charge in [0.2, 0.25) is 0 Å². The van der Waals surface area contributed by atoms with Crippen LogP contribution in [0.2, 0.25) is 0 Å². The summed E-state index contributed by atoms with van der Waals surface area (Å²) in [4.78, 5) is 8.47. The molecular weight excluding hydrogens is 202 g/mol. The maximum atomic E-state index is 5.12. The summed E-state index contributed by atoms with van der Waals surface area (Å²) in [5.41, 5.74) is 1.69. The second kappa shape index (κ2) is 4.61. The Kier molecular flexibility index (Phi) is 3.00. The molecule has 0 N–H and O–H groups in total. The molecule has 0 spiro atoms. The highest BCUT2D eigenvalue weighted by molar-refractivity contribution is 5.79. The van der Waals surface area contributed by atoms with Crippen molar-refractivity contribution in [2.75, 3.05) is 7.11 Å². The quantitative estimate of drug-likeness (QED) is 0.736. The van der Waals surface area contributed by atoms with E-state index in [1.807, 2.05) is 42.1 Å². The first kappa shape index (κ1) is 10.4. The number of ether oxygens (including phenoxy) is 1. The number of hydrogen-bond acceptors (Lipinski definition) is 3. The van der Waals surface area contributed by atoms with Crippen LogP contribution in [0.15, 0.2) is 41.8 Å². The first-order valence-electron chi connectivity index (χ1n) is 4.94. The molecule has 16 heavy (non-hydrogen) atoms. The van der Waals surface area contributed by atoms with Crippen molar-refractivity contribution in [2.45, 2.75) is 0 Å². The van der Waals surface area contributed by atoms with E-state index in [2.05, 4.69) is 9.98 Å². The summed E-state index contributed by atoms with van der Waals surface area (Å²) in [6.45, 7) is 0. The topological polar surface area (TPSA) is 39.4 Å². The molecule has 0 aliphatic carbocycles. The van der Waals surface area contributed by atoms with Gasteiger partial charge in [-0.25, -0.2) is 4.98 Å². The average Bonchev–Trinajstić information content (AvgIpc) is 2.73. The summed E-state index contributed by atoms with van der Waals surface area (Å²) in [7, 11) is 3.57. The van der Waals surface area contributed by atoms with Crippen LogP contribution >= 0.6 is 0 Å². The lowest BCUT2D eigenvalue weighted by atomic mass is 10.3. The van der Waals surface area contributed by atoms with E-state index in [-0.39, 0.29) is 0 Å². The third-order valence-corrected chi connectivity index (χ3v) is 2.12. The van der Waals surface area contributed by atoms with E-state index in [4.69, 9.17) is 4.74 Å². The SMILES string of the molecule is COc1cccc(/N=C/c2cn(C)cn2)c1. The summed E-state index contributed by atoms with van der Waals surface area (Å²) < 4.78 is 7.00. The number of methoxy groups -OCH3 is 1. The van der Waals surface area contributed by atoms with Crippen molar-refractivity contribution in [3.8, 4) is 5.75 Å². The first-order chi connectivity index (χ1) is 7.78. The standard InChI is InChI=1S/C12H13N3O/c1-15-8-11(14-9-15)7-13-10-4-3-5-12(6-10)16-2/h3-9H,1-2H3/b13-7+. The number of aromatic nitrogens is 2. The summed E-state index contributed by atoms with van der Waals surface area (Å²) in [6.07, 6.45) is 5.38. The molecule has 0 aliphatic heterocycles. The van der Waals surface area contributed by atoms with E-state index in [1.54, 1.807) is 19.7 Å². The van der Waals surface area contributed by atoms with E-state index in [0.29, 0.717) is 0 Å². The second-order valence-corrected chi connectivity index (χ2v) is 3.42. The van der Waals surface area contributed by atoms with E-state index in [0.717, 1.165) is 17.1 Å². The summed E-state index contributed by atoms with van der Waals surface area (Å²) in [5, 5.41) is 0. The van der Waals surface area contributed by atoms with Crippen LogP contribution in [0.4, 0.5) is 5.69 Å². The van der Waals surface area contributed by atoms with Crippen molar-refractivity contribution in [1.29, 1.82) is 0 Å². The molecule has 0 unspecified atom stereocenters. The summed E-state index contributed by atoms with van der Waals surface area (Å²) >= 11 is 0. The van der Waals surface area contributed by atoms with Gasteiger partial charge in [0.05, 0.1) is 31.0 Å². The van der Waals surface area contributed by atoms with Gasteiger partial charge in [-0.15, -0.1) is 0 Å². The number of imidazole rings is 1. The molecule has 2 rings (SSSR count). The number of aryl methyl sites for hydroxylation is 1. The van der Waals surface area contributed by atoms with Gasteiger partial charge in [-0.3, -0.25) is 4.99 Å². The van der Waals surface area contributed by atoms with E-state index < -0.39 is 0 Å². The van der Waals surface area contributed by atoms with E-state index in [1.165, 1.54) is 0 Å². The molecule has 0 saturated carbocycles. The maximum absolute atomic E-state index is 5.12. The monoisotopic (exact) mass is 215 g/mol. The molecule has 1 heterocycles. The second-order valence-electron chi connectivity index (χ2n) is 3.42. The van der Waals surface area contributed by atoms with Gasteiger partial charge in [-0.1, -0.05) is 6.07 Å². The van der Waals surface area contributed by atoms with Gasteiger partial charge in [0.25, 0.3) is 0 Å². The minimum absolute atomic E-state index is 0.802. The molecule has 0 radical (unpaired) electrons. The average molecular weight is 215 g/mol. The largest absolute Gasteiger partial charge is 0.497 e. The Labute approximate surface area is 94.2 Å². The molecule has 4 nitrogen and oxygen atoms in total. The third-order valence-electron chi connectivity index (χ3n) is 2.12. The number of aliphatic imine (C=N–C) groups is 1. The lowest BCUT2D eigenvalue weighted by Crippen LogP contribution is -1.82. The number of hydrogen-bond donors (Lipinski definition) is 0. The van der Waals surface area contributed by atoms with Gasteiger partial charge in [-0.2, -0.15) is 0 Å². The van der Waals surface area contributed by atoms with Crippen molar-refractivity contribution in [3.05, 3.63) is 42.5 Å². The highest BCUT2D eigenvalue weighted by atomic mass is 16.5. The Morgan fingerprint density at radius 3 is 3.00 bits per heavy atom. The van der Waals surface area contributed by atoms with Crippen LogP contribution in [0.5, 0.6) is 5.75 Å². The molecule has 1 aromatic carbocycles. The van der Waals surface area contributed by atoms with E-state index >= 15 is 0 Å². The van der Waals surface area contributed by atoms with Crippen LogP contribution < -0.4 is 4.74 Å². The molecule has 2 aromatic rings. The van der Waals surface area contributed by atoms with Gasteiger partial charge in [0.15, 0.2) is 0 Å². The zero-order chi connectivity index (χ0) is 11.4. The fourth-order valence-electron chi connectivity index (χ4n) is 1.33. The normalized spacial score (nSPS) is 10.9. The molecule has 4 heteroatoms. The summed E-state index contributed by atoms with van der Waals surface area (Å²) in [6, 6.07) is 7.59. The number of rotatable bonds is 3. The Hall–Kier alpha value is -2.10. The van der Waals surface area contributed by atoms with Crippen LogP contribution in [0.3, 0.4) is 0 Å². The smallest absolute Gasteiger partial charge is 0.121 e. The lowest BCUT2D eigenvalue weighted by Gasteiger charge is -1.98. The first-order valence-corrected chi connectivity index (χ1v) is 4.94. The van der Waals surface area contributed by atoms with Gasteiger partial charge >= 0.3 is 0 Å². The molecule has 0 saturated heterocycles. The predicted octanol–water partition coefficient (Wildman–Crippen LogP) is 2.18. The van der Waals surface area contributed by atoms with Crippen LogP contribution in [0, 0.1) is 0 Å². The zero-order valence-corrected chi connectivity index (χ0v) is 9.29. The maximum Gasteiger partial charge on any atom is 0.121 e. The predicted molar refractivity (Wildman–Crippen MR) is 63.5 cm³/mol. The van der Waals surface area contributed by atoms with Crippen LogP contribution in [-0.4, -0.2) is 22.9 Å². The molecule has 1 aromatic heterocycles. The minimum atomic E-state index is 0.802. The molecule has 0 bridgehead atoms. The molecule has 0 aliphatic rings. The fourth-order valence-corrected chi connectivity index (χ4v) is 1.33. The van der Waals surface area contributed by atoms with Gasteiger partial charge < -0.3 is 9.30 Å². The Bertz CT molecular complexity index is 502. The number of benzene rings is 1. The Morgan fingerprint density at radius 1 is 1.44 bits per heavy atom. The lowest BCUT2D eigenvalue weighted by molar-refractivity contribution is 0.415. The van der Waals surface area contributed by atoms with E-state index in [9.17, 15) is 0 Å². The van der Waals surface area contributed by atoms with Gasteiger partial charge in [0, 0.05) is 19.3 Å².